The van der Waals surface area contributed by atoms with E-state index in [-0.39, 0.29) is 11.6 Å². The molecular formula is C15H17FN2O3. The summed E-state index contributed by atoms with van der Waals surface area (Å²) in [4.78, 5) is 26.0. The molecule has 0 aliphatic carbocycles. The number of aromatic amines is 1. The van der Waals surface area contributed by atoms with Crippen molar-refractivity contribution in [3.63, 3.8) is 0 Å². The molecule has 0 aliphatic rings. The van der Waals surface area contributed by atoms with Crippen molar-refractivity contribution in [2.75, 3.05) is 0 Å². The van der Waals surface area contributed by atoms with Crippen LogP contribution >= 0.6 is 0 Å². The van der Waals surface area contributed by atoms with E-state index in [9.17, 15) is 14.0 Å². The normalized spacial score (nSPS) is 12.6. The second kappa shape index (κ2) is 5.95. The standard InChI is InChI=1S/C15H17FN2O3/c1-8(2)6-13(15(20)21)18-14(19)12-7-9-10(16)4-3-5-11(9)17-12/h3-5,7-8,13,17H,6H2,1-2H3,(H,18,19)(H,20,21)/t13-/m1/s1. The van der Waals surface area contributed by atoms with Crippen molar-refractivity contribution < 1.29 is 19.1 Å². The Kier molecular flexibility index (Phi) is 4.26. The average molecular weight is 292 g/mol. The summed E-state index contributed by atoms with van der Waals surface area (Å²) in [6.45, 7) is 3.75. The molecule has 6 heteroatoms. The highest BCUT2D eigenvalue weighted by atomic mass is 19.1. The Hall–Kier alpha value is -2.37. The van der Waals surface area contributed by atoms with Crippen LogP contribution in [0.4, 0.5) is 4.39 Å². The second-order valence-corrected chi connectivity index (χ2v) is 5.38. The second-order valence-electron chi connectivity index (χ2n) is 5.38. The third-order valence-corrected chi connectivity index (χ3v) is 3.17. The Morgan fingerprint density at radius 1 is 1.38 bits per heavy atom. The summed E-state index contributed by atoms with van der Waals surface area (Å²) in [6, 6.07) is 4.91. The number of nitrogens with one attached hydrogen (secondary N) is 2. The monoisotopic (exact) mass is 292 g/mol. The van der Waals surface area contributed by atoms with Gasteiger partial charge in [-0.05, 0) is 30.5 Å². The zero-order chi connectivity index (χ0) is 15.6. The van der Waals surface area contributed by atoms with Gasteiger partial charge in [-0.2, -0.15) is 0 Å². The number of benzene rings is 1. The number of aliphatic carboxylic acids is 1. The molecule has 2 rings (SSSR count). The summed E-state index contributed by atoms with van der Waals surface area (Å²) >= 11 is 0. The molecule has 112 valence electrons. The van der Waals surface area contributed by atoms with E-state index in [1.807, 2.05) is 13.8 Å². The summed E-state index contributed by atoms with van der Waals surface area (Å²) in [7, 11) is 0. The lowest BCUT2D eigenvalue weighted by molar-refractivity contribution is -0.139. The maximum absolute atomic E-state index is 13.6. The smallest absolute Gasteiger partial charge is 0.326 e. The highest BCUT2D eigenvalue weighted by Gasteiger charge is 2.22. The highest BCUT2D eigenvalue weighted by Crippen LogP contribution is 2.18. The molecule has 21 heavy (non-hydrogen) atoms. The van der Waals surface area contributed by atoms with E-state index in [4.69, 9.17) is 5.11 Å². The SMILES string of the molecule is CC(C)C[C@@H](NC(=O)c1cc2c(F)cccc2[nH]1)C(=O)O. The largest absolute Gasteiger partial charge is 0.480 e. The Morgan fingerprint density at radius 2 is 2.10 bits per heavy atom. The highest BCUT2D eigenvalue weighted by molar-refractivity contribution is 5.99. The summed E-state index contributed by atoms with van der Waals surface area (Å²) in [5.74, 6) is -1.94. The topological polar surface area (TPSA) is 82.2 Å². The summed E-state index contributed by atoms with van der Waals surface area (Å²) in [6.07, 6.45) is 0.329. The Morgan fingerprint density at radius 3 is 2.67 bits per heavy atom. The van der Waals surface area contributed by atoms with Gasteiger partial charge in [-0.15, -0.1) is 0 Å². The van der Waals surface area contributed by atoms with Crippen molar-refractivity contribution in [3.8, 4) is 0 Å². The van der Waals surface area contributed by atoms with Gasteiger partial charge in [0.25, 0.3) is 5.91 Å². The van der Waals surface area contributed by atoms with E-state index in [1.54, 1.807) is 6.07 Å². The van der Waals surface area contributed by atoms with Gasteiger partial charge in [0, 0.05) is 10.9 Å². The Bertz CT molecular complexity index is 679. The van der Waals surface area contributed by atoms with E-state index in [0.717, 1.165) is 0 Å². The maximum Gasteiger partial charge on any atom is 0.326 e. The summed E-state index contributed by atoms with van der Waals surface area (Å²) in [5, 5.41) is 11.9. The maximum atomic E-state index is 13.6. The number of aromatic nitrogens is 1. The van der Waals surface area contributed by atoms with E-state index >= 15 is 0 Å². The third-order valence-electron chi connectivity index (χ3n) is 3.17. The fourth-order valence-corrected chi connectivity index (χ4v) is 2.17. The minimum absolute atomic E-state index is 0.131. The molecule has 1 aromatic heterocycles. The molecular weight excluding hydrogens is 275 g/mol. The number of halogens is 1. The molecule has 0 unspecified atom stereocenters. The quantitative estimate of drug-likeness (QED) is 0.792. The van der Waals surface area contributed by atoms with Crippen LogP contribution in [0.5, 0.6) is 0 Å². The van der Waals surface area contributed by atoms with Crippen LogP contribution in [0.3, 0.4) is 0 Å². The lowest BCUT2D eigenvalue weighted by atomic mass is 10.0. The number of hydrogen-bond donors (Lipinski definition) is 3. The first-order chi connectivity index (χ1) is 9.88. The van der Waals surface area contributed by atoms with Crippen LogP contribution < -0.4 is 5.32 Å². The van der Waals surface area contributed by atoms with Crippen molar-refractivity contribution >= 4 is 22.8 Å². The van der Waals surface area contributed by atoms with Crippen molar-refractivity contribution in [3.05, 3.63) is 35.8 Å². The molecule has 0 aliphatic heterocycles. The van der Waals surface area contributed by atoms with Crippen LogP contribution in [0.15, 0.2) is 24.3 Å². The van der Waals surface area contributed by atoms with E-state index in [2.05, 4.69) is 10.3 Å². The van der Waals surface area contributed by atoms with Gasteiger partial charge in [0.15, 0.2) is 0 Å². The molecule has 1 heterocycles. The molecule has 0 bridgehead atoms. The average Bonchev–Trinajstić information content (AvgIpc) is 2.82. The van der Waals surface area contributed by atoms with Crippen LogP contribution in [-0.2, 0) is 4.79 Å². The van der Waals surface area contributed by atoms with Gasteiger partial charge in [0.1, 0.15) is 17.6 Å². The molecule has 3 N–H and O–H groups in total. The van der Waals surface area contributed by atoms with Crippen LogP contribution in [0.25, 0.3) is 10.9 Å². The summed E-state index contributed by atoms with van der Waals surface area (Å²) < 4.78 is 13.6. The van der Waals surface area contributed by atoms with Gasteiger partial charge in [0.2, 0.25) is 0 Å². The predicted octanol–water partition coefficient (Wildman–Crippen LogP) is 2.54. The van der Waals surface area contributed by atoms with Crippen LogP contribution in [-0.4, -0.2) is 28.0 Å². The summed E-state index contributed by atoms with van der Waals surface area (Å²) in [5.41, 5.74) is 0.640. The molecule has 0 radical (unpaired) electrons. The molecule has 1 amide bonds. The number of carbonyl (C=O) groups excluding carboxylic acids is 1. The van der Waals surface area contributed by atoms with Gasteiger partial charge in [-0.3, -0.25) is 4.79 Å². The molecule has 5 nitrogen and oxygen atoms in total. The zero-order valence-electron chi connectivity index (χ0n) is 11.8. The first-order valence-corrected chi connectivity index (χ1v) is 6.69. The van der Waals surface area contributed by atoms with Gasteiger partial charge in [0.05, 0.1) is 0 Å². The number of carbonyl (C=O) groups is 2. The van der Waals surface area contributed by atoms with Gasteiger partial charge in [-0.1, -0.05) is 19.9 Å². The van der Waals surface area contributed by atoms with Crippen molar-refractivity contribution in [1.82, 2.24) is 10.3 Å². The first-order valence-electron chi connectivity index (χ1n) is 6.69. The minimum Gasteiger partial charge on any atom is -0.480 e. The van der Waals surface area contributed by atoms with Crippen LogP contribution in [0.2, 0.25) is 0 Å². The van der Waals surface area contributed by atoms with Gasteiger partial charge >= 0.3 is 5.97 Å². The fraction of sp³-hybridized carbons (Fsp3) is 0.333. The fourth-order valence-electron chi connectivity index (χ4n) is 2.17. The number of H-pyrrole nitrogens is 1. The number of carboxylic acids is 1. The van der Waals surface area contributed by atoms with Crippen molar-refractivity contribution in [2.45, 2.75) is 26.3 Å². The zero-order valence-corrected chi connectivity index (χ0v) is 11.8. The molecule has 1 atom stereocenters. The number of hydrogen-bond acceptors (Lipinski definition) is 2. The third kappa shape index (κ3) is 3.39. The van der Waals surface area contributed by atoms with Crippen molar-refractivity contribution in [2.24, 2.45) is 5.92 Å². The van der Waals surface area contributed by atoms with E-state index in [1.165, 1.54) is 18.2 Å². The number of rotatable bonds is 5. The van der Waals surface area contributed by atoms with E-state index < -0.39 is 23.7 Å². The lowest BCUT2D eigenvalue weighted by Crippen LogP contribution is -2.41. The van der Waals surface area contributed by atoms with Crippen LogP contribution in [0, 0.1) is 11.7 Å². The number of carboxylic acid groups (broad SMARTS) is 1. The number of amides is 1. The molecule has 2 aromatic rings. The Labute approximate surface area is 121 Å². The lowest BCUT2D eigenvalue weighted by Gasteiger charge is -2.15. The van der Waals surface area contributed by atoms with Crippen LogP contribution in [0.1, 0.15) is 30.8 Å². The first kappa shape index (κ1) is 15.0. The van der Waals surface area contributed by atoms with Crippen molar-refractivity contribution in [1.29, 1.82) is 0 Å². The molecule has 0 fully saturated rings. The molecule has 0 saturated carbocycles. The molecule has 0 saturated heterocycles. The predicted molar refractivity (Wildman–Crippen MR) is 76.6 cm³/mol. The van der Waals surface area contributed by atoms with Gasteiger partial charge < -0.3 is 15.4 Å². The van der Waals surface area contributed by atoms with Gasteiger partial charge in [-0.25, -0.2) is 9.18 Å². The minimum atomic E-state index is -1.08. The molecule has 1 aromatic carbocycles. The number of fused-ring (bicyclic) bond motifs is 1. The van der Waals surface area contributed by atoms with E-state index in [0.29, 0.717) is 17.3 Å². The molecule has 0 spiro atoms. The Balaban J connectivity index is 2.21.